The molecule has 2 rings (SSSR count). The Hall–Kier alpha value is -3.19. The molecule has 0 unspecified atom stereocenters. The quantitative estimate of drug-likeness (QED) is 0.131. The topological polar surface area (TPSA) is 199 Å². The molecule has 2 aromatic rings. The number of aliphatic carboxylic acids is 2. The number of rotatable bonds is 14. The summed E-state index contributed by atoms with van der Waals surface area (Å²) >= 11 is 0. The number of aromatic hydroxyl groups is 1. The Labute approximate surface area is 231 Å². The molecule has 0 heterocycles. The number of unbranched alkanes of at least 4 members (excludes halogenated alkanes) is 2. The van der Waals surface area contributed by atoms with Crippen LogP contribution in [0.3, 0.4) is 0 Å². The van der Waals surface area contributed by atoms with Crippen LogP contribution < -0.4 is 15.8 Å². The molecule has 0 saturated carbocycles. The van der Waals surface area contributed by atoms with Crippen molar-refractivity contribution in [2.45, 2.75) is 58.5 Å². The Bertz CT molecular complexity index is 1070. The molecule has 1 atom stereocenters. The van der Waals surface area contributed by atoms with Crippen LogP contribution in [-0.4, -0.2) is 66.7 Å². The summed E-state index contributed by atoms with van der Waals surface area (Å²) in [5.41, 5.74) is 8.81. The third-order valence-corrected chi connectivity index (χ3v) is 5.64. The lowest BCUT2D eigenvalue weighted by molar-refractivity contribution is -0.135. The second-order valence-corrected chi connectivity index (χ2v) is 10.7. The van der Waals surface area contributed by atoms with Crippen molar-refractivity contribution < 1.29 is 38.4 Å². The Morgan fingerprint density at radius 1 is 0.897 bits per heavy atom. The minimum Gasteiger partial charge on any atom is -0.506 e. The van der Waals surface area contributed by atoms with Gasteiger partial charge in [-0.2, -0.15) is 0 Å². The Morgan fingerprint density at radius 2 is 1.38 bits per heavy atom. The molecule has 0 fully saturated rings. The van der Waals surface area contributed by atoms with Crippen molar-refractivity contribution in [2.24, 2.45) is 5.73 Å². The molecule has 39 heavy (non-hydrogen) atoms. The number of carboxylic acids is 2. The highest BCUT2D eigenvalue weighted by Crippen LogP contribution is 2.27. The van der Waals surface area contributed by atoms with Crippen LogP contribution in [0.1, 0.15) is 62.3 Å². The van der Waals surface area contributed by atoms with Gasteiger partial charge in [0.15, 0.2) is 0 Å². The molecule has 0 spiro atoms. The first-order valence-electron chi connectivity index (χ1n) is 12.6. The van der Waals surface area contributed by atoms with Crippen molar-refractivity contribution in [3.63, 3.8) is 0 Å². The maximum Gasteiger partial charge on any atom is 0.300 e. The molecule has 0 saturated heterocycles. The Kier molecular flexibility index (Phi) is 18.2. The van der Waals surface area contributed by atoms with Crippen LogP contribution in [0.25, 0.3) is 0 Å². The van der Waals surface area contributed by atoms with Crippen molar-refractivity contribution in [2.75, 3.05) is 30.6 Å². The van der Waals surface area contributed by atoms with E-state index < -0.39 is 28.1 Å². The number of carbonyl (C=O) groups is 2. The monoisotopic (exact) mass is 569 g/mol. The molecular formula is C27H43N3O8S. The number of phenols is 1. The van der Waals surface area contributed by atoms with E-state index in [2.05, 4.69) is 34.3 Å². The van der Waals surface area contributed by atoms with E-state index in [1.807, 2.05) is 0 Å². The van der Waals surface area contributed by atoms with Crippen molar-refractivity contribution in [1.82, 2.24) is 5.32 Å². The van der Waals surface area contributed by atoms with Crippen molar-refractivity contribution in [1.29, 1.82) is 0 Å². The number of phenolic OH excluding ortho intramolecular Hbond substituents is 1. The molecule has 12 heteroatoms. The average Bonchev–Trinajstić information content (AvgIpc) is 2.82. The number of sulfonamides is 1. The van der Waals surface area contributed by atoms with E-state index in [9.17, 15) is 18.6 Å². The number of hydrogen-bond donors (Lipinski definition) is 7. The van der Waals surface area contributed by atoms with Gasteiger partial charge in [-0.3, -0.25) is 14.3 Å². The van der Waals surface area contributed by atoms with E-state index >= 15 is 0 Å². The minimum absolute atomic E-state index is 0.0597. The minimum atomic E-state index is -3.51. The van der Waals surface area contributed by atoms with Gasteiger partial charge in [0.2, 0.25) is 10.0 Å². The van der Waals surface area contributed by atoms with Crippen LogP contribution in [-0.2, 0) is 32.5 Å². The molecule has 0 aliphatic heterocycles. The summed E-state index contributed by atoms with van der Waals surface area (Å²) < 4.78 is 25.0. The SMILES string of the molecule is CC(=O)O.CC(=O)O.CS(=O)(=O)Nc1cc([C@@H](O)CNCCCCc2ccc(CCCCN)cc2)ccc1O. The largest absolute Gasteiger partial charge is 0.506 e. The second-order valence-electron chi connectivity index (χ2n) is 8.93. The van der Waals surface area contributed by atoms with E-state index in [0.717, 1.165) is 71.7 Å². The van der Waals surface area contributed by atoms with Crippen LogP contribution in [0, 0.1) is 0 Å². The number of hydrogen-bond acceptors (Lipinski definition) is 8. The number of nitrogens with two attached hydrogens (primary N) is 1. The summed E-state index contributed by atoms with van der Waals surface area (Å²) in [6, 6.07) is 13.2. The number of anilines is 1. The van der Waals surface area contributed by atoms with Crippen molar-refractivity contribution in [3.8, 4) is 5.75 Å². The molecule has 0 amide bonds. The summed E-state index contributed by atoms with van der Waals surface area (Å²) in [5.74, 6) is -1.85. The molecule has 0 radical (unpaired) electrons. The lowest BCUT2D eigenvalue weighted by Crippen LogP contribution is -2.22. The van der Waals surface area contributed by atoms with Gasteiger partial charge < -0.3 is 31.5 Å². The van der Waals surface area contributed by atoms with Gasteiger partial charge in [0.05, 0.1) is 18.0 Å². The maximum absolute atomic E-state index is 11.4. The van der Waals surface area contributed by atoms with Crippen LogP contribution in [0.5, 0.6) is 5.75 Å². The molecule has 0 aliphatic carbocycles. The van der Waals surface area contributed by atoms with Gasteiger partial charge in [-0.05, 0) is 80.4 Å². The molecule has 8 N–H and O–H groups in total. The van der Waals surface area contributed by atoms with E-state index in [4.69, 9.17) is 25.5 Å². The molecule has 0 aromatic heterocycles. The van der Waals surface area contributed by atoms with Gasteiger partial charge in [0.25, 0.3) is 11.9 Å². The zero-order valence-corrected chi connectivity index (χ0v) is 23.7. The van der Waals surface area contributed by atoms with Gasteiger partial charge in [-0.25, -0.2) is 8.42 Å². The zero-order valence-electron chi connectivity index (χ0n) is 22.9. The van der Waals surface area contributed by atoms with E-state index in [1.165, 1.54) is 23.3 Å². The van der Waals surface area contributed by atoms with Gasteiger partial charge in [0, 0.05) is 20.4 Å². The second kappa shape index (κ2) is 19.8. The fourth-order valence-corrected chi connectivity index (χ4v) is 3.89. The molecule has 220 valence electrons. The predicted octanol–water partition coefficient (Wildman–Crippen LogP) is 2.87. The number of aliphatic hydroxyl groups excluding tert-OH is 1. The Balaban J connectivity index is 0.00000159. The van der Waals surface area contributed by atoms with Crippen LogP contribution in [0.4, 0.5) is 5.69 Å². The normalized spacial score (nSPS) is 11.3. The fourth-order valence-electron chi connectivity index (χ4n) is 3.32. The molecule has 0 bridgehead atoms. The predicted molar refractivity (Wildman–Crippen MR) is 152 cm³/mol. The summed E-state index contributed by atoms with van der Waals surface area (Å²) in [6.07, 6.45) is 6.55. The van der Waals surface area contributed by atoms with Gasteiger partial charge in [-0.15, -0.1) is 0 Å². The first-order chi connectivity index (χ1) is 18.2. The molecular weight excluding hydrogens is 526 g/mol. The number of carboxylic acid groups (broad SMARTS) is 2. The van der Waals surface area contributed by atoms with Gasteiger partial charge in [-0.1, -0.05) is 30.3 Å². The fraction of sp³-hybridized carbons (Fsp3) is 0.481. The van der Waals surface area contributed by atoms with Crippen LogP contribution >= 0.6 is 0 Å². The van der Waals surface area contributed by atoms with Crippen LogP contribution in [0.2, 0.25) is 0 Å². The molecule has 0 aliphatic rings. The first-order valence-corrected chi connectivity index (χ1v) is 14.5. The summed E-state index contributed by atoms with van der Waals surface area (Å²) in [5, 5.41) is 38.2. The van der Waals surface area contributed by atoms with Crippen molar-refractivity contribution in [3.05, 3.63) is 59.2 Å². The third-order valence-electron chi connectivity index (χ3n) is 5.05. The number of aryl methyl sites for hydroxylation is 2. The molecule has 2 aromatic carbocycles. The van der Waals surface area contributed by atoms with E-state index in [0.29, 0.717) is 12.1 Å². The van der Waals surface area contributed by atoms with E-state index in [1.54, 1.807) is 6.07 Å². The zero-order chi connectivity index (χ0) is 29.8. The van der Waals surface area contributed by atoms with Crippen LogP contribution in [0.15, 0.2) is 42.5 Å². The standard InChI is InChI=1S/C23H35N3O4S.2C2H4O2/c1-31(29,30)26-21-16-20(12-13-22(21)27)23(28)17-25-15-5-3-7-19-10-8-18(9-11-19)6-2-4-14-24;2*1-2(3)4/h8-13,16,23,25-28H,2-7,14-15,17,24H2,1H3;2*1H3,(H,3,4)/t23-;;/m0../s1. The smallest absolute Gasteiger partial charge is 0.300 e. The van der Waals surface area contributed by atoms with Gasteiger partial charge in [0.1, 0.15) is 5.75 Å². The average molecular weight is 570 g/mol. The highest BCUT2D eigenvalue weighted by Gasteiger charge is 2.12. The summed E-state index contributed by atoms with van der Waals surface area (Å²) in [6.45, 7) is 4.04. The summed E-state index contributed by atoms with van der Waals surface area (Å²) in [7, 11) is -3.51. The first kappa shape index (κ1) is 35.8. The maximum atomic E-state index is 11.4. The highest BCUT2D eigenvalue weighted by atomic mass is 32.2. The molecule has 11 nitrogen and oxygen atoms in total. The highest BCUT2D eigenvalue weighted by molar-refractivity contribution is 7.92. The summed E-state index contributed by atoms with van der Waals surface area (Å²) in [4.78, 5) is 18.0. The number of nitrogens with one attached hydrogen (secondary N) is 2. The number of benzene rings is 2. The Morgan fingerprint density at radius 3 is 1.85 bits per heavy atom. The number of aliphatic hydroxyl groups is 1. The van der Waals surface area contributed by atoms with E-state index in [-0.39, 0.29) is 11.4 Å². The van der Waals surface area contributed by atoms with Gasteiger partial charge >= 0.3 is 0 Å². The lowest BCUT2D eigenvalue weighted by atomic mass is 10.0. The third kappa shape index (κ3) is 20.4. The lowest BCUT2D eigenvalue weighted by Gasteiger charge is -2.15. The van der Waals surface area contributed by atoms with Crippen molar-refractivity contribution >= 4 is 27.6 Å².